The third kappa shape index (κ3) is 12.3. The van der Waals surface area contributed by atoms with E-state index < -0.39 is 0 Å². The summed E-state index contributed by atoms with van der Waals surface area (Å²) in [6.07, 6.45) is 4.65. The number of rotatable bonds is 10. The maximum atomic E-state index is 5.38. The second-order valence-corrected chi connectivity index (χ2v) is 3.46. The fourth-order valence-electron chi connectivity index (χ4n) is 0.959. The molecule has 0 amide bonds. The molecule has 0 aromatic heterocycles. The summed E-state index contributed by atoms with van der Waals surface area (Å²) in [5.41, 5.74) is 0. The Kier molecular flexibility index (Phi) is 12.5. The van der Waals surface area contributed by atoms with Gasteiger partial charge in [0.1, 0.15) is 0 Å². The highest BCUT2D eigenvalue weighted by atomic mass is 32.1. The van der Waals surface area contributed by atoms with E-state index in [0.717, 1.165) is 45.0 Å². The molecule has 0 rings (SSSR count). The first kappa shape index (κ1) is 13.3. The first-order valence-electron chi connectivity index (χ1n) is 5.18. The van der Waals surface area contributed by atoms with Crippen molar-refractivity contribution >= 4 is 12.6 Å². The molecule has 0 aliphatic carbocycles. The zero-order valence-electron chi connectivity index (χ0n) is 8.63. The smallest absolute Gasteiger partial charge is 0.0700 e. The van der Waals surface area contributed by atoms with Gasteiger partial charge in [0.05, 0.1) is 13.2 Å². The van der Waals surface area contributed by atoms with Crippen molar-refractivity contribution in [1.82, 2.24) is 0 Å². The van der Waals surface area contributed by atoms with Gasteiger partial charge in [-0.05, 0) is 25.0 Å². The second kappa shape index (κ2) is 12.3. The molecule has 0 radical (unpaired) electrons. The zero-order chi connectivity index (χ0) is 9.78. The van der Waals surface area contributed by atoms with Gasteiger partial charge in [-0.1, -0.05) is 13.3 Å². The van der Waals surface area contributed by atoms with E-state index >= 15 is 0 Å². The van der Waals surface area contributed by atoms with Gasteiger partial charge in [0.2, 0.25) is 0 Å². The van der Waals surface area contributed by atoms with Gasteiger partial charge < -0.3 is 9.47 Å². The maximum absolute atomic E-state index is 5.38. The molecule has 0 saturated carbocycles. The molecule has 0 aliphatic heterocycles. The van der Waals surface area contributed by atoms with Gasteiger partial charge in [-0.25, -0.2) is 0 Å². The van der Waals surface area contributed by atoms with Gasteiger partial charge in [0.15, 0.2) is 0 Å². The quantitative estimate of drug-likeness (QED) is 0.437. The van der Waals surface area contributed by atoms with Crippen LogP contribution in [0.4, 0.5) is 0 Å². The first-order chi connectivity index (χ1) is 6.41. The number of thiol groups is 1. The van der Waals surface area contributed by atoms with Crippen LogP contribution in [0.3, 0.4) is 0 Å². The van der Waals surface area contributed by atoms with E-state index in [0.29, 0.717) is 0 Å². The summed E-state index contributed by atoms with van der Waals surface area (Å²) in [5, 5.41) is 0. The topological polar surface area (TPSA) is 18.5 Å². The molecule has 0 saturated heterocycles. The van der Waals surface area contributed by atoms with Crippen LogP contribution < -0.4 is 0 Å². The number of unbranched alkanes of at least 4 members (excludes halogenated alkanes) is 2. The van der Waals surface area contributed by atoms with Gasteiger partial charge >= 0.3 is 0 Å². The van der Waals surface area contributed by atoms with E-state index in [1.54, 1.807) is 0 Å². The van der Waals surface area contributed by atoms with Crippen molar-refractivity contribution in [2.24, 2.45) is 0 Å². The average molecular weight is 206 g/mol. The Labute approximate surface area is 87.4 Å². The summed E-state index contributed by atoms with van der Waals surface area (Å²) in [4.78, 5) is 0. The lowest BCUT2D eigenvalue weighted by molar-refractivity contribution is 0.0467. The summed E-state index contributed by atoms with van der Waals surface area (Å²) < 4.78 is 10.7. The van der Waals surface area contributed by atoms with Crippen molar-refractivity contribution in [3.05, 3.63) is 0 Å². The van der Waals surface area contributed by atoms with Crippen LogP contribution in [0, 0.1) is 0 Å². The Morgan fingerprint density at radius 3 is 2.15 bits per heavy atom. The Morgan fingerprint density at radius 2 is 1.54 bits per heavy atom. The highest BCUT2D eigenvalue weighted by Gasteiger charge is 1.90. The van der Waals surface area contributed by atoms with Crippen LogP contribution in [0.15, 0.2) is 0 Å². The van der Waals surface area contributed by atoms with Crippen LogP contribution in [-0.4, -0.2) is 32.2 Å². The molecule has 0 atom stereocenters. The number of hydrogen-bond acceptors (Lipinski definition) is 3. The second-order valence-electron chi connectivity index (χ2n) is 3.01. The van der Waals surface area contributed by atoms with Gasteiger partial charge in [-0.2, -0.15) is 12.6 Å². The number of hydrogen-bond donors (Lipinski definition) is 1. The molecular weight excluding hydrogens is 184 g/mol. The predicted molar refractivity (Wildman–Crippen MR) is 59.6 cm³/mol. The van der Waals surface area contributed by atoms with Gasteiger partial charge in [0.25, 0.3) is 0 Å². The summed E-state index contributed by atoms with van der Waals surface area (Å²) in [7, 11) is 0. The first-order valence-corrected chi connectivity index (χ1v) is 5.81. The van der Waals surface area contributed by atoms with Crippen LogP contribution in [-0.2, 0) is 9.47 Å². The Morgan fingerprint density at radius 1 is 0.846 bits per heavy atom. The molecule has 0 heterocycles. The minimum Gasteiger partial charge on any atom is -0.379 e. The van der Waals surface area contributed by atoms with Crippen molar-refractivity contribution in [3.8, 4) is 0 Å². The molecule has 13 heavy (non-hydrogen) atoms. The standard InChI is InChI=1S/C10H22O2S/c1-2-6-11-8-9-12-7-4-3-5-10-13/h13H,2-10H2,1H3. The highest BCUT2D eigenvalue weighted by molar-refractivity contribution is 7.80. The maximum Gasteiger partial charge on any atom is 0.0700 e. The van der Waals surface area contributed by atoms with Crippen LogP contribution >= 0.6 is 12.6 Å². The predicted octanol–water partition coefficient (Wildman–Crippen LogP) is 2.53. The van der Waals surface area contributed by atoms with Crippen molar-refractivity contribution in [1.29, 1.82) is 0 Å². The van der Waals surface area contributed by atoms with Gasteiger partial charge in [-0.3, -0.25) is 0 Å². The SMILES string of the molecule is CCCOCCOCCCCCS. The van der Waals surface area contributed by atoms with E-state index in [1.165, 1.54) is 12.8 Å². The van der Waals surface area contributed by atoms with Gasteiger partial charge in [0, 0.05) is 13.2 Å². The lowest BCUT2D eigenvalue weighted by atomic mass is 10.3. The Bertz CT molecular complexity index is 79.0. The molecule has 0 fully saturated rings. The highest BCUT2D eigenvalue weighted by Crippen LogP contribution is 1.96. The largest absolute Gasteiger partial charge is 0.379 e. The van der Waals surface area contributed by atoms with Crippen LogP contribution in [0.25, 0.3) is 0 Å². The van der Waals surface area contributed by atoms with Crippen molar-refractivity contribution in [2.45, 2.75) is 32.6 Å². The van der Waals surface area contributed by atoms with E-state index in [9.17, 15) is 0 Å². The normalized spacial score (nSPS) is 10.6. The van der Waals surface area contributed by atoms with Crippen LogP contribution in [0.5, 0.6) is 0 Å². The average Bonchev–Trinajstić information content (AvgIpc) is 2.16. The van der Waals surface area contributed by atoms with E-state index in [4.69, 9.17) is 9.47 Å². The number of ether oxygens (including phenoxy) is 2. The molecule has 0 bridgehead atoms. The summed E-state index contributed by atoms with van der Waals surface area (Å²) in [5.74, 6) is 0.986. The molecule has 80 valence electrons. The van der Waals surface area contributed by atoms with E-state index in [1.807, 2.05) is 0 Å². The van der Waals surface area contributed by atoms with Crippen molar-refractivity contribution in [2.75, 3.05) is 32.2 Å². The molecule has 0 aliphatic rings. The summed E-state index contributed by atoms with van der Waals surface area (Å²) in [6, 6.07) is 0. The third-order valence-electron chi connectivity index (χ3n) is 1.67. The van der Waals surface area contributed by atoms with Crippen molar-refractivity contribution < 1.29 is 9.47 Å². The molecule has 0 aromatic carbocycles. The fourth-order valence-corrected chi connectivity index (χ4v) is 1.18. The van der Waals surface area contributed by atoms with E-state index in [2.05, 4.69) is 19.6 Å². The monoisotopic (exact) mass is 206 g/mol. The summed E-state index contributed by atoms with van der Waals surface area (Å²) in [6.45, 7) is 5.30. The molecule has 2 nitrogen and oxygen atoms in total. The Balaban J connectivity index is 2.76. The third-order valence-corrected chi connectivity index (χ3v) is 1.98. The van der Waals surface area contributed by atoms with E-state index in [-0.39, 0.29) is 0 Å². The molecule has 0 unspecified atom stereocenters. The molecule has 0 spiro atoms. The lowest BCUT2D eigenvalue weighted by Crippen LogP contribution is -2.05. The minimum atomic E-state index is 0.737. The van der Waals surface area contributed by atoms with Crippen LogP contribution in [0.2, 0.25) is 0 Å². The van der Waals surface area contributed by atoms with Crippen molar-refractivity contribution in [3.63, 3.8) is 0 Å². The zero-order valence-corrected chi connectivity index (χ0v) is 9.52. The van der Waals surface area contributed by atoms with Crippen LogP contribution in [0.1, 0.15) is 32.6 Å². The summed E-state index contributed by atoms with van der Waals surface area (Å²) >= 11 is 4.14. The lowest BCUT2D eigenvalue weighted by Gasteiger charge is -2.04. The van der Waals surface area contributed by atoms with Gasteiger partial charge in [-0.15, -0.1) is 0 Å². The molecule has 3 heteroatoms. The minimum absolute atomic E-state index is 0.737. The fraction of sp³-hybridized carbons (Fsp3) is 1.00. The molecule has 0 aromatic rings. The molecular formula is C10H22O2S. The Hall–Kier alpha value is 0.270. The molecule has 0 N–H and O–H groups in total.